The van der Waals surface area contributed by atoms with Crippen LogP contribution in [0.2, 0.25) is 5.02 Å². The Kier molecular flexibility index (Phi) is 3.72. The maximum Gasteiger partial charge on any atom is 0.293 e. The van der Waals surface area contributed by atoms with E-state index >= 15 is 0 Å². The third kappa shape index (κ3) is 2.53. The van der Waals surface area contributed by atoms with Crippen molar-refractivity contribution in [2.75, 3.05) is 16.5 Å². The van der Waals surface area contributed by atoms with E-state index < -0.39 is 22.9 Å². The van der Waals surface area contributed by atoms with Crippen LogP contribution in [-0.2, 0) is 0 Å². The second kappa shape index (κ2) is 5.84. The molecule has 136 valence electrons. The Balaban J connectivity index is 1.79. The molecular weight excluding hydrogens is 365 g/mol. The smallest absolute Gasteiger partial charge is 0.293 e. The molecule has 2 aromatic rings. The van der Waals surface area contributed by atoms with Crippen LogP contribution in [0.4, 0.5) is 21.7 Å². The highest BCUT2D eigenvalue weighted by Gasteiger charge is 2.41. The average molecular weight is 380 g/mol. The van der Waals surface area contributed by atoms with Crippen LogP contribution < -0.4 is 27.4 Å². The molecule has 3 heterocycles. The van der Waals surface area contributed by atoms with Gasteiger partial charge in [-0.3, -0.25) is 15.0 Å². The predicted octanol–water partition coefficient (Wildman–Crippen LogP) is 1.31. The Morgan fingerprint density at radius 1 is 1.31 bits per heavy atom. The number of carbonyl (C=O) groups is 1. The minimum Gasteiger partial charge on any atom is -0.381 e. The summed E-state index contributed by atoms with van der Waals surface area (Å²) in [6.07, 6.45) is 4.30. The second-order valence-electron chi connectivity index (χ2n) is 6.30. The first-order valence-electron chi connectivity index (χ1n) is 7.99. The topological polar surface area (TPSA) is 127 Å². The zero-order valence-corrected chi connectivity index (χ0v) is 14.2. The maximum absolute atomic E-state index is 14.0. The quantitative estimate of drug-likeness (QED) is 0.619. The van der Waals surface area contributed by atoms with E-state index in [1.165, 1.54) is 6.07 Å². The largest absolute Gasteiger partial charge is 0.381 e. The van der Waals surface area contributed by atoms with Gasteiger partial charge in [0.2, 0.25) is 5.82 Å². The van der Waals surface area contributed by atoms with Crippen molar-refractivity contribution < 1.29 is 9.18 Å². The van der Waals surface area contributed by atoms with Crippen LogP contribution in [0.3, 0.4) is 0 Å². The third-order valence-corrected chi connectivity index (χ3v) is 4.86. The molecule has 0 atom stereocenters. The van der Waals surface area contributed by atoms with Gasteiger partial charge in [-0.15, -0.1) is 0 Å². The van der Waals surface area contributed by atoms with Gasteiger partial charge in [0.1, 0.15) is 23.4 Å². The molecular formula is C15H15ClFN7O2. The Labute approximate surface area is 151 Å². The number of aromatic nitrogens is 3. The van der Waals surface area contributed by atoms with Gasteiger partial charge in [0.25, 0.3) is 11.5 Å². The number of hydrogen-bond donors (Lipinski definition) is 4. The number of nitrogen functional groups attached to an aromatic ring is 1. The minimum atomic E-state index is -0.885. The highest BCUT2D eigenvalue weighted by atomic mass is 35.5. The van der Waals surface area contributed by atoms with Crippen molar-refractivity contribution in [2.45, 2.75) is 31.3 Å². The van der Waals surface area contributed by atoms with Crippen molar-refractivity contribution in [3.05, 3.63) is 39.3 Å². The van der Waals surface area contributed by atoms with E-state index in [9.17, 15) is 14.0 Å². The molecule has 0 unspecified atom stereocenters. The molecule has 11 heteroatoms. The normalized spacial score (nSPS) is 17.5. The van der Waals surface area contributed by atoms with E-state index in [0.717, 1.165) is 23.8 Å². The number of rotatable bonds is 2. The third-order valence-electron chi connectivity index (χ3n) is 4.57. The number of anilines is 3. The summed E-state index contributed by atoms with van der Waals surface area (Å²) in [6.45, 7) is 0. The van der Waals surface area contributed by atoms with Gasteiger partial charge in [0, 0.05) is 0 Å². The van der Waals surface area contributed by atoms with Crippen LogP contribution in [0.5, 0.6) is 0 Å². The summed E-state index contributed by atoms with van der Waals surface area (Å²) in [4.78, 5) is 32.6. The minimum absolute atomic E-state index is 0.00224. The van der Waals surface area contributed by atoms with Crippen molar-refractivity contribution in [1.82, 2.24) is 20.0 Å². The summed E-state index contributed by atoms with van der Waals surface area (Å²) in [6, 6.07) is 1.25. The molecule has 0 saturated heterocycles. The number of nitrogens with zero attached hydrogens (tertiary/aromatic N) is 3. The van der Waals surface area contributed by atoms with Gasteiger partial charge in [-0.25, -0.2) is 14.6 Å². The molecule has 0 radical (unpaired) electrons. The zero-order valence-electron chi connectivity index (χ0n) is 13.5. The van der Waals surface area contributed by atoms with Crippen molar-refractivity contribution >= 4 is 34.8 Å². The molecule has 1 spiro atoms. The molecule has 2 aromatic heterocycles. The molecule has 26 heavy (non-hydrogen) atoms. The van der Waals surface area contributed by atoms with Crippen molar-refractivity contribution in [3.8, 4) is 0 Å². The average Bonchev–Trinajstić information content (AvgIpc) is 3.03. The molecule has 1 amide bonds. The van der Waals surface area contributed by atoms with E-state index in [2.05, 4.69) is 26.0 Å². The van der Waals surface area contributed by atoms with Crippen LogP contribution in [0.1, 0.15) is 36.2 Å². The SMILES string of the molecule is Nc1ncnc(Nc2cc(Cl)c3n(c2=O)NC2(CCCC2)NC3=O)c1F. The number of carbonyl (C=O) groups excluding carboxylic acids is 1. The van der Waals surface area contributed by atoms with Crippen LogP contribution >= 0.6 is 11.6 Å². The highest BCUT2D eigenvalue weighted by Crippen LogP contribution is 2.32. The Hall–Kier alpha value is -2.88. The number of halogens is 2. The van der Waals surface area contributed by atoms with E-state index in [1.807, 2.05) is 0 Å². The molecule has 1 aliphatic heterocycles. The summed E-state index contributed by atoms with van der Waals surface area (Å²) in [5, 5.41) is 5.50. The highest BCUT2D eigenvalue weighted by molar-refractivity contribution is 6.34. The van der Waals surface area contributed by atoms with Gasteiger partial charge in [-0.2, -0.15) is 4.39 Å². The molecule has 9 nitrogen and oxygen atoms in total. The monoisotopic (exact) mass is 379 g/mol. The number of amides is 1. The lowest BCUT2D eigenvalue weighted by molar-refractivity contribution is 0.0869. The number of pyridine rings is 1. The van der Waals surface area contributed by atoms with Gasteiger partial charge in [0.15, 0.2) is 11.6 Å². The van der Waals surface area contributed by atoms with E-state index in [1.54, 1.807) is 0 Å². The van der Waals surface area contributed by atoms with Crippen LogP contribution in [0.15, 0.2) is 17.2 Å². The Morgan fingerprint density at radius 2 is 2.04 bits per heavy atom. The standard InChI is InChI=1S/C15H15ClFN7O2/c16-7-5-8(21-12-9(17)11(18)19-6-20-12)14(26)24-10(7)13(25)22-15(23-24)3-1-2-4-15/h5-6,23H,1-4H2,(H,22,25)(H3,18,19,20,21). The fraction of sp³-hybridized carbons (Fsp3) is 0.333. The van der Waals surface area contributed by atoms with Gasteiger partial charge >= 0.3 is 0 Å². The Morgan fingerprint density at radius 3 is 2.77 bits per heavy atom. The lowest BCUT2D eigenvalue weighted by atomic mass is 10.1. The predicted molar refractivity (Wildman–Crippen MR) is 93.4 cm³/mol. The van der Waals surface area contributed by atoms with Crippen molar-refractivity contribution in [1.29, 1.82) is 0 Å². The van der Waals surface area contributed by atoms with Crippen LogP contribution in [0, 0.1) is 5.82 Å². The molecule has 5 N–H and O–H groups in total. The maximum atomic E-state index is 14.0. The van der Waals surface area contributed by atoms with Crippen molar-refractivity contribution in [3.63, 3.8) is 0 Å². The fourth-order valence-corrected chi connectivity index (χ4v) is 3.60. The molecule has 2 aliphatic rings. The zero-order chi connectivity index (χ0) is 18.5. The Bertz CT molecular complexity index is 971. The molecule has 1 saturated carbocycles. The van der Waals surface area contributed by atoms with Gasteiger partial charge in [-0.1, -0.05) is 11.6 Å². The summed E-state index contributed by atoms with van der Waals surface area (Å²) in [5.41, 5.74) is 7.16. The summed E-state index contributed by atoms with van der Waals surface area (Å²) in [7, 11) is 0. The summed E-state index contributed by atoms with van der Waals surface area (Å²) in [5.74, 6) is -1.93. The first-order valence-corrected chi connectivity index (χ1v) is 8.37. The molecule has 0 bridgehead atoms. The van der Waals surface area contributed by atoms with E-state index in [4.69, 9.17) is 17.3 Å². The molecule has 1 fully saturated rings. The van der Waals surface area contributed by atoms with Crippen LogP contribution in [-0.4, -0.2) is 26.2 Å². The van der Waals surface area contributed by atoms with E-state index in [-0.39, 0.29) is 28.0 Å². The molecule has 0 aromatic carbocycles. The van der Waals surface area contributed by atoms with Gasteiger partial charge in [0.05, 0.1) is 5.02 Å². The first kappa shape index (κ1) is 16.6. The van der Waals surface area contributed by atoms with Gasteiger partial charge < -0.3 is 16.4 Å². The number of nitrogens with one attached hydrogen (secondary N) is 3. The lowest BCUT2D eigenvalue weighted by Crippen LogP contribution is -2.62. The number of fused-ring (bicyclic) bond motifs is 1. The van der Waals surface area contributed by atoms with Gasteiger partial charge in [-0.05, 0) is 31.7 Å². The molecule has 4 rings (SSSR count). The van der Waals surface area contributed by atoms with E-state index in [0.29, 0.717) is 12.8 Å². The number of nitrogens with two attached hydrogens (primary N) is 1. The summed E-state index contributed by atoms with van der Waals surface area (Å²) < 4.78 is 15.1. The number of hydrogen-bond acceptors (Lipinski definition) is 7. The van der Waals surface area contributed by atoms with Crippen LogP contribution in [0.25, 0.3) is 0 Å². The van der Waals surface area contributed by atoms with Crippen molar-refractivity contribution in [2.24, 2.45) is 0 Å². The molecule has 1 aliphatic carbocycles. The lowest BCUT2D eigenvalue weighted by Gasteiger charge is -2.38. The fourth-order valence-electron chi connectivity index (χ4n) is 3.32. The second-order valence-corrected chi connectivity index (χ2v) is 6.70. The summed E-state index contributed by atoms with van der Waals surface area (Å²) >= 11 is 6.19. The first-order chi connectivity index (χ1) is 12.4.